The minimum Gasteiger partial charge on any atom is -0.387 e. The molecule has 0 aromatic rings. The second kappa shape index (κ2) is 32.0. The predicted molar refractivity (Wildman–Crippen MR) is 185 cm³/mol. The van der Waals surface area contributed by atoms with Gasteiger partial charge in [-0.2, -0.15) is 8.42 Å². The molecular weight excluding hydrogens is 574 g/mol. The van der Waals surface area contributed by atoms with Gasteiger partial charge in [-0.05, 0) is 19.3 Å². The molecular formula is C36H71NO6S. The number of allylic oxidation sites excluding steroid dienone is 1. The summed E-state index contributed by atoms with van der Waals surface area (Å²) in [7, 11) is -4.67. The van der Waals surface area contributed by atoms with Crippen LogP contribution in [0, 0.1) is 0 Å². The van der Waals surface area contributed by atoms with E-state index in [1.54, 1.807) is 6.08 Å². The van der Waals surface area contributed by atoms with Crippen molar-refractivity contribution in [3.05, 3.63) is 12.2 Å². The normalized spacial score (nSPS) is 13.5. The highest BCUT2D eigenvalue weighted by Crippen LogP contribution is 2.15. The topological polar surface area (TPSA) is 113 Å². The Morgan fingerprint density at radius 3 is 1.39 bits per heavy atom. The van der Waals surface area contributed by atoms with Gasteiger partial charge in [0.15, 0.2) is 0 Å². The zero-order chi connectivity index (χ0) is 32.6. The zero-order valence-electron chi connectivity index (χ0n) is 28.8. The highest BCUT2D eigenvalue weighted by atomic mass is 32.3. The van der Waals surface area contributed by atoms with Crippen molar-refractivity contribution in [1.82, 2.24) is 5.32 Å². The van der Waals surface area contributed by atoms with Crippen LogP contribution in [-0.4, -0.2) is 42.7 Å². The van der Waals surface area contributed by atoms with E-state index in [0.717, 1.165) is 38.5 Å². The monoisotopic (exact) mass is 646 g/mol. The number of rotatable bonds is 34. The van der Waals surface area contributed by atoms with Gasteiger partial charge in [-0.3, -0.25) is 9.35 Å². The Bertz CT molecular complexity index is 758. The van der Waals surface area contributed by atoms with Crippen LogP contribution in [0.1, 0.15) is 194 Å². The first-order valence-corrected chi connectivity index (χ1v) is 19.9. The van der Waals surface area contributed by atoms with Gasteiger partial charge in [0, 0.05) is 6.42 Å². The minimum atomic E-state index is -4.67. The van der Waals surface area contributed by atoms with Crippen molar-refractivity contribution in [3.8, 4) is 0 Å². The Morgan fingerprint density at radius 2 is 1.00 bits per heavy atom. The Hall–Kier alpha value is -0.960. The lowest BCUT2D eigenvalue weighted by Gasteiger charge is -2.21. The Morgan fingerprint density at radius 1 is 0.636 bits per heavy atom. The highest BCUT2D eigenvalue weighted by molar-refractivity contribution is 7.80. The van der Waals surface area contributed by atoms with Gasteiger partial charge in [0.1, 0.15) is 0 Å². The molecule has 0 heterocycles. The molecule has 0 aliphatic carbocycles. The number of nitrogens with one attached hydrogen (secondary N) is 1. The van der Waals surface area contributed by atoms with E-state index in [0.29, 0.717) is 6.42 Å². The molecule has 0 aliphatic heterocycles. The second-order valence-electron chi connectivity index (χ2n) is 12.8. The first-order chi connectivity index (χ1) is 21.3. The zero-order valence-corrected chi connectivity index (χ0v) is 29.6. The number of unbranched alkanes of at least 4 members (excludes halogenated alkanes) is 25. The largest absolute Gasteiger partial charge is 0.397 e. The number of carbonyl (C=O) groups is 1. The number of amides is 1. The summed E-state index contributed by atoms with van der Waals surface area (Å²) in [6.07, 6.45) is 36.3. The van der Waals surface area contributed by atoms with Crippen LogP contribution in [0.25, 0.3) is 0 Å². The Balaban J connectivity index is 4.03. The fourth-order valence-corrected chi connectivity index (χ4v) is 5.94. The van der Waals surface area contributed by atoms with E-state index in [2.05, 4.69) is 23.3 Å². The van der Waals surface area contributed by atoms with Crippen molar-refractivity contribution in [2.24, 2.45) is 0 Å². The average Bonchev–Trinajstić information content (AvgIpc) is 2.99. The molecule has 2 atom stereocenters. The van der Waals surface area contributed by atoms with E-state index >= 15 is 0 Å². The van der Waals surface area contributed by atoms with Crippen molar-refractivity contribution < 1.29 is 27.1 Å². The molecule has 1 amide bonds. The van der Waals surface area contributed by atoms with Gasteiger partial charge in [0.2, 0.25) is 5.91 Å². The van der Waals surface area contributed by atoms with E-state index in [4.69, 9.17) is 4.55 Å². The van der Waals surface area contributed by atoms with Gasteiger partial charge >= 0.3 is 10.4 Å². The summed E-state index contributed by atoms with van der Waals surface area (Å²) in [5.74, 6) is -0.249. The lowest BCUT2D eigenvalue weighted by atomic mass is 10.0. The second-order valence-corrected chi connectivity index (χ2v) is 13.9. The van der Waals surface area contributed by atoms with E-state index in [-0.39, 0.29) is 5.91 Å². The maximum atomic E-state index is 12.5. The number of carbonyl (C=O) groups excluding carboxylic acids is 1. The van der Waals surface area contributed by atoms with Gasteiger partial charge in [-0.15, -0.1) is 0 Å². The summed E-state index contributed by atoms with van der Waals surface area (Å²) in [4.78, 5) is 12.5. The van der Waals surface area contributed by atoms with Crippen LogP contribution in [-0.2, 0) is 19.4 Å². The molecule has 0 saturated carbocycles. The molecule has 0 fully saturated rings. The van der Waals surface area contributed by atoms with Crippen LogP contribution in [0.5, 0.6) is 0 Å². The lowest BCUT2D eigenvalue weighted by molar-refractivity contribution is -0.122. The number of hydrogen-bond acceptors (Lipinski definition) is 5. The van der Waals surface area contributed by atoms with Crippen molar-refractivity contribution in [1.29, 1.82) is 0 Å². The van der Waals surface area contributed by atoms with Crippen LogP contribution in [0.2, 0.25) is 0 Å². The Labute approximate surface area is 272 Å². The molecule has 3 N–H and O–H groups in total. The molecule has 0 bridgehead atoms. The molecule has 0 spiro atoms. The number of hydrogen-bond donors (Lipinski definition) is 3. The SMILES string of the molecule is CCCCCCCCCCCCC/C=C/[C@@H](O)[C@H](COS(=O)(=O)O)NC(=O)CCCCCCCCCCCCCCCCC. The number of aliphatic hydroxyl groups is 1. The summed E-state index contributed by atoms with van der Waals surface area (Å²) in [6.45, 7) is 3.98. The van der Waals surface area contributed by atoms with Crippen molar-refractivity contribution in [2.45, 2.75) is 206 Å². The summed E-state index contributed by atoms with van der Waals surface area (Å²) in [6, 6.07) is -0.950. The summed E-state index contributed by atoms with van der Waals surface area (Å²) >= 11 is 0. The molecule has 0 rings (SSSR count). The molecule has 262 valence electrons. The van der Waals surface area contributed by atoms with E-state index in [1.807, 2.05) is 6.08 Å². The van der Waals surface area contributed by atoms with Crippen molar-refractivity contribution >= 4 is 16.3 Å². The van der Waals surface area contributed by atoms with Crippen LogP contribution in [0.15, 0.2) is 12.2 Å². The van der Waals surface area contributed by atoms with E-state index in [1.165, 1.54) is 135 Å². The number of aliphatic hydroxyl groups excluding tert-OH is 1. The predicted octanol–water partition coefficient (Wildman–Crippen LogP) is 10.2. The summed E-state index contributed by atoms with van der Waals surface area (Å²) in [5.41, 5.74) is 0. The molecule has 0 aromatic carbocycles. The quantitative estimate of drug-likeness (QED) is 0.0365. The lowest BCUT2D eigenvalue weighted by Crippen LogP contribution is -2.46. The summed E-state index contributed by atoms with van der Waals surface area (Å²) < 4.78 is 35.6. The van der Waals surface area contributed by atoms with Crippen molar-refractivity contribution in [2.75, 3.05) is 6.61 Å². The van der Waals surface area contributed by atoms with Gasteiger partial charge in [0.25, 0.3) is 0 Å². The van der Waals surface area contributed by atoms with E-state index < -0.39 is 29.2 Å². The van der Waals surface area contributed by atoms with E-state index in [9.17, 15) is 18.3 Å². The standard InChI is InChI=1S/C36H71NO6S/c1-3-5-7-9-11-13-15-17-18-20-22-24-26-28-30-32-36(39)37-34(33-43-44(40,41)42)35(38)31-29-27-25-23-21-19-16-14-12-10-8-6-4-2/h29,31,34-35,38H,3-28,30,32-33H2,1-2H3,(H,37,39)(H,40,41,42)/b31-29+/t34-,35+/m0/s1. The Kier molecular flexibility index (Phi) is 31.3. The van der Waals surface area contributed by atoms with Crippen LogP contribution < -0.4 is 5.32 Å². The molecule has 44 heavy (non-hydrogen) atoms. The van der Waals surface area contributed by atoms with Gasteiger partial charge < -0.3 is 10.4 Å². The first-order valence-electron chi connectivity index (χ1n) is 18.6. The molecule has 7 nitrogen and oxygen atoms in total. The van der Waals surface area contributed by atoms with Gasteiger partial charge in [-0.1, -0.05) is 180 Å². The van der Waals surface area contributed by atoms with Crippen molar-refractivity contribution in [3.63, 3.8) is 0 Å². The third-order valence-corrected chi connectivity index (χ3v) is 8.90. The van der Waals surface area contributed by atoms with Gasteiger partial charge in [0.05, 0.1) is 18.8 Å². The molecule has 8 heteroatoms. The fourth-order valence-electron chi connectivity index (χ4n) is 5.62. The molecule has 0 aliphatic rings. The maximum Gasteiger partial charge on any atom is 0.397 e. The smallest absolute Gasteiger partial charge is 0.387 e. The average molecular weight is 646 g/mol. The molecule has 0 radical (unpaired) electrons. The third kappa shape index (κ3) is 32.4. The maximum absolute atomic E-state index is 12.5. The molecule has 0 aromatic heterocycles. The van der Waals surface area contributed by atoms with Crippen LogP contribution >= 0.6 is 0 Å². The first kappa shape index (κ1) is 43.0. The molecule has 0 unspecified atom stereocenters. The highest BCUT2D eigenvalue weighted by Gasteiger charge is 2.22. The fraction of sp³-hybridized carbons (Fsp3) is 0.917. The van der Waals surface area contributed by atoms with Crippen LogP contribution in [0.4, 0.5) is 0 Å². The summed E-state index contributed by atoms with van der Waals surface area (Å²) in [5, 5.41) is 13.3. The van der Waals surface area contributed by atoms with Crippen LogP contribution in [0.3, 0.4) is 0 Å². The van der Waals surface area contributed by atoms with Gasteiger partial charge in [-0.25, -0.2) is 4.18 Å². The molecule has 0 saturated heterocycles. The minimum absolute atomic E-state index is 0.249. The third-order valence-electron chi connectivity index (χ3n) is 8.47.